The molecule has 0 saturated carbocycles. The lowest BCUT2D eigenvalue weighted by molar-refractivity contribution is 0.0916. The molecule has 3 N–H and O–H groups in total. The van der Waals surface area contributed by atoms with Gasteiger partial charge in [-0.1, -0.05) is 18.2 Å². The van der Waals surface area contributed by atoms with Crippen LogP contribution in [0.15, 0.2) is 36.5 Å². The van der Waals surface area contributed by atoms with Gasteiger partial charge in [-0.3, -0.25) is 4.79 Å². The molecule has 120 valence electrons. The van der Waals surface area contributed by atoms with Gasteiger partial charge in [0.25, 0.3) is 5.91 Å². The summed E-state index contributed by atoms with van der Waals surface area (Å²) in [7, 11) is 0. The number of hydrogen-bond acceptors (Lipinski definition) is 4. The number of aromatic hydroxyl groups is 1. The van der Waals surface area contributed by atoms with Gasteiger partial charge >= 0.3 is 0 Å². The number of fused-ring (bicyclic) bond motifs is 2. The number of nitrogens with zero attached hydrogens (tertiary/aromatic N) is 2. The topological polar surface area (TPSA) is 79.2 Å². The predicted molar refractivity (Wildman–Crippen MR) is 85.7 cm³/mol. The van der Waals surface area contributed by atoms with Crippen LogP contribution in [0, 0.1) is 0 Å². The van der Waals surface area contributed by atoms with E-state index in [4.69, 9.17) is 0 Å². The molecule has 2 aliphatic heterocycles. The fourth-order valence-corrected chi connectivity index (χ4v) is 3.67. The van der Waals surface area contributed by atoms with Gasteiger partial charge in [-0.2, -0.15) is 5.10 Å². The van der Waals surface area contributed by atoms with Crippen LogP contribution in [0.1, 0.15) is 36.2 Å². The van der Waals surface area contributed by atoms with Crippen LogP contribution in [0.4, 0.5) is 0 Å². The van der Waals surface area contributed by atoms with Gasteiger partial charge in [-0.25, -0.2) is 4.68 Å². The number of hydrogen-bond donors (Lipinski definition) is 3. The number of amides is 1. The van der Waals surface area contributed by atoms with Crippen molar-refractivity contribution in [1.29, 1.82) is 0 Å². The molecule has 1 aromatic heterocycles. The fourth-order valence-electron chi connectivity index (χ4n) is 3.67. The summed E-state index contributed by atoms with van der Waals surface area (Å²) in [6.45, 7) is 0. The van der Waals surface area contributed by atoms with Crippen molar-refractivity contribution in [3.05, 3.63) is 42.2 Å². The van der Waals surface area contributed by atoms with Crippen molar-refractivity contribution in [2.24, 2.45) is 0 Å². The molecular weight excluding hydrogens is 292 g/mol. The summed E-state index contributed by atoms with van der Waals surface area (Å²) in [5, 5.41) is 20.9. The molecule has 4 rings (SSSR count). The number of nitrogens with one attached hydrogen (secondary N) is 2. The van der Waals surface area contributed by atoms with E-state index in [9.17, 15) is 9.90 Å². The Bertz CT molecular complexity index is 701. The first-order valence-electron chi connectivity index (χ1n) is 8.10. The molecule has 0 aliphatic carbocycles. The van der Waals surface area contributed by atoms with E-state index >= 15 is 0 Å². The molecule has 2 atom stereocenters. The largest absolute Gasteiger partial charge is 0.504 e. The summed E-state index contributed by atoms with van der Waals surface area (Å²) in [6.07, 6.45) is 5.73. The van der Waals surface area contributed by atoms with Gasteiger partial charge in [-0.05, 0) is 37.8 Å². The number of benzene rings is 1. The van der Waals surface area contributed by atoms with E-state index in [1.54, 1.807) is 0 Å². The second-order valence-corrected chi connectivity index (χ2v) is 6.42. The Morgan fingerprint density at radius 3 is 2.61 bits per heavy atom. The molecule has 3 heterocycles. The van der Waals surface area contributed by atoms with Gasteiger partial charge in [-0.15, -0.1) is 0 Å². The minimum atomic E-state index is -0.302. The molecule has 0 spiro atoms. The average Bonchev–Trinajstić information content (AvgIpc) is 3.11. The normalized spacial score (nSPS) is 26.2. The van der Waals surface area contributed by atoms with E-state index in [-0.39, 0.29) is 23.4 Å². The zero-order valence-corrected chi connectivity index (χ0v) is 12.8. The minimum absolute atomic E-state index is 0.0831. The lowest BCUT2D eigenvalue weighted by Crippen LogP contribution is -2.48. The fraction of sp³-hybridized carbons (Fsp3) is 0.412. The molecule has 2 saturated heterocycles. The quantitative estimate of drug-likeness (QED) is 0.804. The van der Waals surface area contributed by atoms with Crippen LogP contribution in [0.25, 0.3) is 5.69 Å². The number of carbonyl (C=O) groups excluding carboxylic acids is 1. The maximum absolute atomic E-state index is 12.4. The number of carbonyl (C=O) groups is 1. The minimum Gasteiger partial charge on any atom is -0.504 e. The molecule has 2 bridgehead atoms. The maximum Gasteiger partial charge on any atom is 0.275 e. The molecule has 1 amide bonds. The summed E-state index contributed by atoms with van der Waals surface area (Å²) in [5.41, 5.74) is 0.890. The summed E-state index contributed by atoms with van der Waals surface area (Å²) >= 11 is 0. The second kappa shape index (κ2) is 5.70. The van der Waals surface area contributed by atoms with E-state index in [0.29, 0.717) is 12.1 Å². The lowest BCUT2D eigenvalue weighted by atomic mass is 10.00. The van der Waals surface area contributed by atoms with Crippen LogP contribution in [-0.4, -0.2) is 38.9 Å². The van der Waals surface area contributed by atoms with Gasteiger partial charge < -0.3 is 15.7 Å². The number of rotatable bonds is 3. The van der Waals surface area contributed by atoms with Crippen LogP contribution in [-0.2, 0) is 0 Å². The molecule has 2 unspecified atom stereocenters. The molecule has 2 aliphatic rings. The van der Waals surface area contributed by atoms with Gasteiger partial charge in [0.05, 0.1) is 11.9 Å². The Labute approximate surface area is 134 Å². The molecule has 6 heteroatoms. The lowest BCUT2D eigenvalue weighted by Gasteiger charge is -2.29. The Morgan fingerprint density at radius 2 is 1.91 bits per heavy atom. The summed E-state index contributed by atoms with van der Waals surface area (Å²) in [5.74, 6) is -0.397. The van der Waals surface area contributed by atoms with Crippen molar-refractivity contribution in [1.82, 2.24) is 20.4 Å². The van der Waals surface area contributed by atoms with Crippen LogP contribution in [0.2, 0.25) is 0 Å². The van der Waals surface area contributed by atoms with Crippen molar-refractivity contribution in [2.75, 3.05) is 0 Å². The van der Waals surface area contributed by atoms with Crippen molar-refractivity contribution in [2.45, 2.75) is 43.8 Å². The molecule has 2 aromatic rings. The Hall–Kier alpha value is -2.34. The highest BCUT2D eigenvalue weighted by molar-refractivity contribution is 5.95. The highest BCUT2D eigenvalue weighted by Gasteiger charge is 2.34. The van der Waals surface area contributed by atoms with Crippen molar-refractivity contribution in [3.63, 3.8) is 0 Å². The number of para-hydroxylation sites is 1. The third-order valence-corrected chi connectivity index (χ3v) is 4.74. The Kier molecular flexibility index (Phi) is 3.53. The molecule has 1 aromatic carbocycles. The van der Waals surface area contributed by atoms with Crippen molar-refractivity contribution in [3.8, 4) is 11.4 Å². The van der Waals surface area contributed by atoms with Crippen LogP contribution >= 0.6 is 0 Å². The van der Waals surface area contributed by atoms with E-state index in [0.717, 1.165) is 18.5 Å². The summed E-state index contributed by atoms with van der Waals surface area (Å²) in [4.78, 5) is 12.4. The average molecular weight is 312 g/mol. The maximum atomic E-state index is 12.4. The van der Waals surface area contributed by atoms with E-state index in [1.807, 2.05) is 30.3 Å². The van der Waals surface area contributed by atoms with Gasteiger partial charge in [0, 0.05) is 18.1 Å². The highest BCUT2D eigenvalue weighted by Crippen LogP contribution is 2.27. The molecule has 23 heavy (non-hydrogen) atoms. The summed E-state index contributed by atoms with van der Waals surface area (Å²) in [6, 6.07) is 10.6. The van der Waals surface area contributed by atoms with E-state index < -0.39 is 0 Å². The first kappa shape index (κ1) is 14.3. The Balaban J connectivity index is 1.49. The van der Waals surface area contributed by atoms with Crippen molar-refractivity contribution < 1.29 is 9.90 Å². The smallest absolute Gasteiger partial charge is 0.275 e. The third-order valence-electron chi connectivity index (χ3n) is 4.74. The van der Waals surface area contributed by atoms with Gasteiger partial charge in [0.2, 0.25) is 0 Å². The molecule has 2 fully saturated rings. The first-order chi connectivity index (χ1) is 11.2. The van der Waals surface area contributed by atoms with Crippen LogP contribution < -0.4 is 10.6 Å². The molecular formula is C17H20N4O2. The van der Waals surface area contributed by atoms with Gasteiger partial charge in [0.15, 0.2) is 11.4 Å². The third kappa shape index (κ3) is 2.82. The van der Waals surface area contributed by atoms with Crippen molar-refractivity contribution >= 4 is 5.91 Å². The van der Waals surface area contributed by atoms with Gasteiger partial charge in [0.1, 0.15) is 0 Å². The first-order valence-corrected chi connectivity index (χ1v) is 8.10. The van der Waals surface area contributed by atoms with E-state index in [2.05, 4.69) is 15.7 Å². The summed E-state index contributed by atoms with van der Waals surface area (Å²) < 4.78 is 1.52. The highest BCUT2D eigenvalue weighted by atomic mass is 16.3. The molecule has 6 nitrogen and oxygen atoms in total. The zero-order chi connectivity index (χ0) is 15.8. The SMILES string of the molecule is O=C(NC1CC2CCC(C1)N2)c1nn(-c2ccccc2)cc1O. The van der Waals surface area contributed by atoms with E-state index in [1.165, 1.54) is 23.7 Å². The molecule has 0 radical (unpaired) electrons. The standard InChI is InChI=1S/C17H20N4O2/c22-15-10-21(14-4-2-1-3-5-14)20-16(15)17(23)19-13-8-11-6-7-12(9-13)18-11/h1-5,10-13,18,22H,6-9H2,(H,19,23). The van der Waals surface area contributed by atoms with Crippen LogP contribution in [0.3, 0.4) is 0 Å². The van der Waals surface area contributed by atoms with Crippen LogP contribution in [0.5, 0.6) is 5.75 Å². The number of piperidine rings is 1. The second-order valence-electron chi connectivity index (χ2n) is 6.42. The predicted octanol–water partition coefficient (Wildman–Crippen LogP) is 1.59. The Morgan fingerprint density at radius 1 is 1.22 bits per heavy atom. The zero-order valence-electron chi connectivity index (χ0n) is 12.8. The monoisotopic (exact) mass is 312 g/mol. The number of aromatic nitrogens is 2.